The van der Waals surface area contributed by atoms with Gasteiger partial charge in [-0.2, -0.15) is 4.98 Å². The van der Waals surface area contributed by atoms with Gasteiger partial charge in [-0.1, -0.05) is 6.92 Å². The van der Waals surface area contributed by atoms with E-state index in [1.807, 2.05) is 6.92 Å². The fourth-order valence-electron chi connectivity index (χ4n) is 1.39. The Bertz CT molecular complexity index is 505. The van der Waals surface area contributed by atoms with Crippen LogP contribution in [-0.2, 0) is 10.0 Å². The molecule has 108 valence electrons. The quantitative estimate of drug-likeness (QED) is 0.678. The van der Waals surface area contributed by atoms with Crippen molar-refractivity contribution in [3.8, 4) is 5.88 Å². The van der Waals surface area contributed by atoms with Crippen molar-refractivity contribution in [1.29, 1.82) is 0 Å². The largest absolute Gasteiger partial charge is 0.481 e. The summed E-state index contributed by atoms with van der Waals surface area (Å²) in [6.45, 7) is 4.95. The first-order valence-electron chi connectivity index (χ1n) is 6.07. The van der Waals surface area contributed by atoms with Gasteiger partial charge in [0.15, 0.2) is 0 Å². The van der Waals surface area contributed by atoms with Crippen molar-refractivity contribution < 1.29 is 13.2 Å². The molecule has 2 N–H and O–H groups in total. The van der Waals surface area contributed by atoms with Crippen molar-refractivity contribution in [3.63, 3.8) is 0 Å². The Balaban J connectivity index is 2.64. The van der Waals surface area contributed by atoms with E-state index in [2.05, 4.69) is 20.0 Å². The van der Waals surface area contributed by atoms with Crippen LogP contribution in [0.15, 0.2) is 6.07 Å². The van der Waals surface area contributed by atoms with Crippen LogP contribution in [0.4, 0.5) is 5.95 Å². The van der Waals surface area contributed by atoms with Gasteiger partial charge in [-0.3, -0.25) is 4.72 Å². The number of rotatable bonds is 8. The topological polar surface area (TPSA) is 93.2 Å². The maximum atomic E-state index is 11.8. The molecule has 0 spiro atoms. The van der Waals surface area contributed by atoms with E-state index in [0.717, 1.165) is 13.0 Å². The van der Waals surface area contributed by atoms with Crippen LogP contribution >= 0.6 is 0 Å². The number of sulfonamides is 1. The number of ether oxygens (including phenoxy) is 1. The molecule has 0 unspecified atom stereocenters. The SMILES string of the molecule is CCCNCCS(=O)(=O)Nc1nc(C)cc(OC)n1. The van der Waals surface area contributed by atoms with E-state index < -0.39 is 10.0 Å². The third-order valence-electron chi connectivity index (χ3n) is 2.26. The van der Waals surface area contributed by atoms with E-state index in [1.165, 1.54) is 7.11 Å². The van der Waals surface area contributed by atoms with Gasteiger partial charge in [0, 0.05) is 18.3 Å². The number of methoxy groups -OCH3 is 1. The molecule has 1 aromatic heterocycles. The Labute approximate surface area is 113 Å². The van der Waals surface area contributed by atoms with Gasteiger partial charge in [0.05, 0.1) is 12.9 Å². The first kappa shape index (κ1) is 15.6. The second-order valence-corrected chi connectivity index (χ2v) is 5.89. The van der Waals surface area contributed by atoms with Crippen LogP contribution in [-0.4, -0.2) is 44.3 Å². The summed E-state index contributed by atoms with van der Waals surface area (Å²) in [6.07, 6.45) is 0.964. The van der Waals surface area contributed by atoms with Crippen molar-refractivity contribution in [3.05, 3.63) is 11.8 Å². The van der Waals surface area contributed by atoms with Crippen molar-refractivity contribution >= 4 is 16.0 Å². The summed E-state index contributed by atoms with van der Waals surface area (Å²) < 4.78 is 30.9. The summed E-state index contributed by atoms with van der Waals surface area (Å²) in [5.41, 5.74) is 0.633. The smallest absolute Gasteiger partial charge is 0.240 e. The molecule has 1 heterocycles. The molecule has 7 nitrogen and oxygen atoms in total. The average molecular weight is 288 g/mol. The molecule has 1 aromatic rings. The molecule has 0 atom stereocenters. The fraction of sp³-hybridized carbons (Fsp3) is 0.636. The summed E-state index contributed by atoms with van der Waals surface area (Å²) in [4.78, 5) is 7.95. The molecule has 0 saturated carbocycles. The minimum atomic E-state index is -3.45. The molecular weight excluding hydrogens is 268 g/mol. The van der Waals surface area contributed by atoms with Crippen molar-refractivity contribution in [2.24, 2.45) is 0 Å². The highest BCUT2D eigenvalue weighted by Gasteiger charge is 2.12. The van der Waals surface area contributed by atoms with Crippen LogP contribution in [0.25, 0.3) is 0 Å². The number of nitrogens with one attached hydrogen (secondary N) is 2. The van der Waals surface area contributed by atoms with Crippen LogP contribution in [0.3, 0.4) is 0 Å². The molecule has 0 aliphatic rings. The molecule has 0 aliphatic heterocycles. The molecule has 0 aromatic carbocycles. The van der Waals surface area contributed by atoms with Crippen LogP contribution in [0.2, 0.25) is 0 Å². The zero-order chi connectivity index (χ0) is 14.3. The van der Waals surface area contributed by atoms with Gasteiger partial charge in [-0.25, -0.2) is 13.4 Å². The Hall–Kier alpha value is -1.41. The van der Waals surface area contributed by atoms with Crippen LogP contribution in [0.1, 0.15) is 19.0 Å². The summed E-state index contributed by atoms with van der Waals surface area (Å²) >= 11 is 0. The molecule has 0 fully saturated rings. The molecule has 1 rings (SSSR count). The highest BCUT2D eigenvalue weighted by molar-refractivity contribution is 7.92. The monoisotopic (exact) mass is 288 g/mol. The maximum Gasteiger partial charge on any atom is 0.240 e. The third-order valence-corrected chi connectivity index (χ3v) is 3.50. The number of aryl methyl sites for hydroxylation is 1. The standard InChI is InChI=1S/C11H20N4O3S/c1-4-5-12-6-7-19(16,17)15-11-13-9(2)8-10(14-11)18-3/h8,12H,4-7H2,1-3H3,(H,13,14,15). The van der Waals surface area contributed by atoms with E-state index in [4.69, 9.17) is 4.74 Å². The molecular formula is C11H20N4O3S. The first-order chi connectivity index (χ1) is 8.96. The third kappa shape index (κ3) is 5.84. The molecule has 19 heavy (non-hydrogen) atoms. The number of nitrogens with zero attached hydrogens (tertiary/aromatic N) is 2. The molecule has 8 heteroatoms. The van der Waals surface area contributed by atoms with E-state index in [0.29, 0.717) is 18.1 Å². The first-order valence-corrected chi connectivity index (χ1v) is 7.73. The highest BCUT2D eigenvalue weighted by atomic mass is 32.2. The molecule has 0 amide bonds. The second-order valence-electron chi connectivity index (χ2n) is 4.05. The number of aromatic nitrogens is 2. The predicted molar refractivity (Wildman–Crippen MR) is 73.9 cm³/mol. The van der Waals surface area contributed by atoms with E-state index >= 15 is 0 Å². The summed E-state index contributed by atoms with van der Waals surface area (Å²) in [6, 6.07) is 1.63. The van der Waals surface area contributed by atoms with Gasteiger partial charge < -0.3 is 10.1 Å². The number of anilines is 1. The van der Waals surface area contributed by atoms with Crippen molar-refractivity contribution in [1.82, 2.24) is 15.3 Å². The normalized spacial score (nSPS) is 11.3. The van der Waals surface area contributed by atoms with Gasteiger partial charge in [0.2, 0.25) is 21.9 Å². The lowest BCUT2D eigenvalue weighted by atomic mass is 10.4. The van der Waals surface area contributed by atoms with Gasteiger partial charge in [0.1, 0.15) is 0 Å². The lowest BCUT2D eigenvalue weighted by Crippen LogP contribution is -2.27. The summed E-state index contributed by atoms with van der Waals surface area (Å²) in [7, 11) is -1.98. The minimum absolute atomic E-state index is 0.0212. The Kier molecular flexibility index (Phi) is 5.97. The second kappa shape index (κ2) is 7.25. The van der Waals surface area contributed by atoms with Crippen molar-refractivity contribution in [2.75, 3.05) is 30.7 Å². The Morgan fingerprint density at radius 3 is 2.68 bits per heavy atom. The van der Waals surface area contributed by atoms with Crippen LogP contribution in [0, 0.1) is 6.92 Å². The number of hydrogen-bond donors (Lipinski definition) is 2. The van der Waals surface area contributed by atoms with E-state index in [1.54, 1.807) is 13.0 Å². The minimum Gasteiger partial charge on any atom is -0.481 e. The fourth-order valence-corrected chi connectivity index (χ4v) is 2.27. The Morgan fingerprint density at radius 1 is 1.32 bits per heavy atom. The molecule has 0 bridgehead atoms. The number of hydrogen-bond acceptors (Lipinski definition) is 6. The molecule has 0 aliphatic carbocycles. The van der Waals surface area contributed by atoms with E-state index in [9.17, 15) is 8.42 Å². The maximum absolute atomic E-state index is 11.8. The summed E-state index contributed by atoms with van der Waals surface area (Å²) in [5, 5.41) is 3.03. The van der Waals surface area contributed by atoms with Crippen molar-refractivity contribution in [2.45, 2.75) is 20.3 Å². The van der Waals surface area contributed by atoms with Gasteiger partial charge in [-0.05, 0) is 19.9 Å². The lowest BCUT2D eigenvalue weighted by molar-refractivity contribution is 0.397. The highest BCUT2D eigenvalue weighted by Crippen LogP contribution is 2.12. The average Bonchev–Trinajstić information content (AvgIpc) is 2.33. The Morgan fingerprint density at radius 2 is 2.05 bits per heavy atom. The lowest BCUT2D eigenvalue weighted by Gasteiger charge is -2.08. The van der Waals surface area contributed by atoms with Gasteiger partial charge in [0.25, 0.3) is 0 Å². The van der Waals surface area contributed by atoms with Crippen LogP contribution in [0.5, 0.6) is 5.88 Å². The molecule has 0 saturated heterocycles. The zero-order valence-electron chi connectivity index (χ0n) is 11.4. The summed E-state index contributed by atoms with van der Waals surface area (Å²) in [5.74, 6) is 0.341. The zero-order valence-corrected chi connectivity index (χ0v) is 12.2. The van der Waals surface area contributed by atoms with E-state index in [-0.39, 0.29) is 11.7 Å². The molecule has 0 radical (unpaired) electrons. The van der Waals surface area contributed by atoms with Gasteiger partial charge >= 0.3 is 0 Å². The predicted octanol–water partition coefficient (Wildman–Crippen LogP) is 0.535. The van der Waals surface area contributed by atoms with Gasteiger partial charge in [-0.15, -0.1) is 0 Å². The van der Waals surface area contributed by atoms with Crippen LogP contribution < -0.4 is 14.8 Å².